The lowest BCUT2D eigenvalue weighted by molar-refractivity contribution is -0.134. The third-order valence-corrected chi connectivity index (χ3v) is 4.34. The molecule has 2 heterocycles. The molecule has 0 aromatic carbocycles. The molecule has 1 saturated heterocycles. The van der Waals surface area contributed by atoms with Gasteiger partial charge in [-0.05, 0) is 40.5 Å². The van der Waals surface area contributed by atoms with Crippen molar-refractivity contribution in [1.82, 2.24) is 14.7 Å². The van der Waals surface area contributed by atoms with Crippen molar-refractivity contribution in [2.24, 2.45) is 5.41 Å². The second-order valence-corrected chi connectivity index (χ2v) is 6.35. The number of nitriles is 1. The summed E-state index contributed by atoms with van der Waals surface area (Å²) in [6.07, 6.45) is 1.66. The minimum Gasteiger partial charge on any atom is -0.340 e. The highest BCUT2D eigenvalue weighted by atomic mass is 16.2. The lowest BCUT2D eigenvalue weighted by Crippen LogP contribution is -2.45. The highest BCUT2D eigenvalue weighted by Gasteiger charge is 2.33. The third kappa shape index (κ3) is 3.03. The predicted octanol–water partition coefficient (Wildman–Crippen LogP) is 1.85. The summed E-state index contributed by atoms with van der Waals surface area (Å²) >= 11 is 0. The van der Waals surface area contributed by atoms with Gasteiger partial charge < -0.3 is 4.90 Å². The Kier molecular flexibility index (Phi) is 4.36. The first-order chi connectivity index (χ1) is 10.3. The average molecular weight is 302 g/mol. The van der Waals surface area contributed by atoms with Crippen LogP contribution in [0.25, 0.3) is 0 Å². The lowest BCUT2D eigenvalue weighted by Gasteiger charge is -2.36. The van der Waals surface area contributed by atoms with Crippen molar-refractivity contribution in [3.63, 3.8) is 0 Å². The molecule has 22 heavy (non-hydrogen) atoms. The second-order valence-electron chi connectivity index (χ2n) is 6.35. The molecule has 6 heteroatoms. The van der Waals surface area contributed by atoms with Crippen LogP contribution in [0, 0.1) is 30.6 Å². The molecule has 0 spiro atoms. The zero-order valence-corrected chi connectivity index (χ0v) is 13.6. The zero-order valence-electron chi connectivity index (χ0n) is 13.6. The number of piperidine rings is 1. The van der Waals surface area contributed by atoms with Crippen molar-refractivity contribution in [2.45, 2.75) is 47.1 Å². The standard InChI is InChI=1S/C16H22N4O2/c1-11-15(13(3)21)12(2)20(18-11)8-14(22)19-7-5-6-16(4,9-17)10-19/h5-8,10H2,1-4H3/t16-/m0/s1. The zero-order chi connectivity index (χ0) is 16.5. The van der Waals surface area contributed by atoms with Gasteiger partial charge in [-0.3, -0.25) is 14.3 Å². The van der Waals surface area contributed by atoms with E-state index in [0.717, 1.165) is 18.5 Å². The molecule has 0 N–H and O–H groups in total. The van der Waals surface area contributed by atoms with Gasteiger partial charge >= 0.3 is 0 Å². The molecule has 1 aromatic rings. The van der Waals surface area contributed by atoms with Crippen LogP contribution >= 0.6 is 0 Å². The van der Waals surface area contributed by atoms with Crippen LogP contribution in [0.5, 0.6) is 0 Å². The smallest absolute Gasteiger partial charge is 0.244 e. The van der Waals surface area contributed by atoms with Crippen molar-refractivity contribution in [1.29, 1.82) is 5.26 Å². The number of rotatable bonds is 3. The Morgan fingerprint density at radius 1 is 1.41 bits per heavy atom. The molecule has 1 fully saturated rings. The summed E-state index contributed by atoms with van der Waals surface area (Å²) in [6.45, 7) is 8.23. The van der Waals surface area contributed by atoms with E-state index in [2.05, 4.69) is 11.2 Å². The van der Waals surface area contributed by atoms with E-state index < -0.39 is 5.41 Å². The minimum atomic E-state index is -0.465. The van der Waals surface area contributed by atoms with Crippen LogP contribution in [0.2, 0.25) is 0 Å². The fourth-order valence-electron chi connectivity index (χ4n) is 3.13. The number of hydrogen-bond acceptors (Lipinski definition) is 4. The molecule has 6 nitrogen and oxygen atoms in total. The summed E-state index contributed by atoms with van der Waals surface area (Å²) in [7, 11) is 0. The normalized spacial score (nSPS) is 21.5. The number of ketones is 1. The molecular formula is C16H22N4O2. The number of amides is 1. The molecule has 1 aliphatic rings. The Bertz CT molecular complexity index is 656. The molecule has 0 saturated carbocycles. The summed E-state index contributed by atoms with van der Waals surface area (Å²) in [6, 6.07) is 2.31. The number of nitrogens with zero attached hydrogens (tertiary/aromatic N) is 4. The third-order valence-electron chi connectivity index (χ3n) is 4.34. The van der Waals surface area contributed by atoms with Crippen LogP contribution in [-0.2, 0) is 11.3 Å². The number of carbonyl (C=O) groups is 2. The highest BCUT2D eigenvalue weighted by Crippen LogP contribution is 2.28. The van der Waals surface area contributed by atoms with Crippen molar-refractivity contribution in [2.75, 3.05) is 13.1 Å². The first kappa shape index (κ1) is 16.2. The van der Waals surface area contributed by atoms with Crippen molar-refractivity contribution in [3.8, 4) is 6.07 Å². The fourth-order valence-corrected chi connectivity index (χ4v) is 3.13. The summed E-state index contributed by atoms with van der Waals surface area (Å²) in [5.74, 6) is -0.0920. The molecule has 0 radical (unpaired) electrons. The van der Waals surface area contributed by atoms with Crippen LogP contribution in [0.4, 0.5) is 0 Å². The largest absolute Gasteiger partial charge is 0.340 e. The van der Waals surface area contributed by atoms with Gasteiger partial charge in [-0.2, -0.15) is 10.4 Å². The molecule has 1 amide bonds. The van der Waals surface area contributed by atoms with Gasteiger partial charge in [0.15, 0.2) is 5.78 Å². The van der Waals surface area contributed by atoms with Gasteiger partial charge in [0.1, 0.15) is 6.54 Å². The van der Waals surface area contributed by atoms with E-state index in [1.165, 1.54) is 6.92 Å². The van der Waals surface area contributed by atoms with E-state index in [1.54, 1.807) is 23.4 Å². The van der Waals surface area contributed by atoms with Gasteiger partial charge in [-0.25, -0.2) is 0 Å². The van der Waals surface area contributed by atoms with Crippen LogP contribution in [0.1, 0.15) is 48.4 Å². The van der Waals surface area contributed by atoms with Gasteiger partial charge in [0.2, 0.25) is 5.91 Å². The molecule has 118 valence electrons. The monoisotopic (exact) mass is 302 g/mol. The molecule has 0 bridgehead atoms. The first-order valence-electron chi connectivity index (χ1n) is 7.51. The van der Waals surface area contributed by atoms with Crippen LogP contribution < -0.4 is 0 Å². The quantitative estimate of drug-likeness (QED) is 0.798. The van der Waals surface area contributed by atoms with Gasteiger partial charge in [-0.1, -0.05) is 0 Å². The Morgan fingerprint density at radius 2 is 2.09 bits per heavy atom. The van der Waals surface area contributed by atoms with Crippen molar-refractivity contribution >= 4 is 11.7 Å². The number of Topliss-reactive ketones (excluding diaryl/α,β-unsaturated/α-hetero) is 1. The second kappa shape index (κ2) is 5.91. The number of likely N-dealkylation sites (tertiary alicyclic amines) is 1. The maximum Gasteiger partial charge on any atom is 0.244 e. The SMILES string of the molecule is CC(=O)c1c(C)nn(CC(=O)N2CCC[C@@](C)(C#N)C2)c1C. The highest BCUT2D eigenvalue weighted by molar-refractivity contribution is 5.96. The van der Waals surface area contributed by atoms with Gasteiger partial charge in [0, 0.05) is 18.8 Å². The van der Waals surface area contributed by atoms with Crippen molar-refractivity contribution in [3.05, 3.63) is 17.0 Å². The number of hydrogen-bond donors (Lipinski definition) is 0. The molecule has 2 rings (SSSR count). The molecule has 1 aromatic heterocycles. The number of carbonyl (C=O) groups excluding carboxylic acids is 2. The summed E-state index contributed by atoms with van der Waals surface area (Å²) in [5, 5.41) is 13.5. The molecular weight excluding hydrogens is 280 g/mol. The van der Waals surface area contributed by atoms with Gasteiger partial charge in [-0.15, -0.1) is 0 Å². The van der Waals surface area contributed by atoms with E-state index in [1.807, 2.05) is 6.92 Å². The number of aromatic nitrogens is 2. The molecule has 0 aliphatic carbocycles. The van der Waals surface area contributed by atoms with Gasteiger partial charge in [0.05, 0.1) is 22.7 Å². The minimum absolute atomic E-state index is 0.0382. The Balaban J connectivity index is 2.15. The Morgan fingerprint density at radius 3 is 2.64 bits per heavy atom. The van der Waals surface area contributed by atoms with E-state index in [-0.39, 0.29) is 18.2 Å². The first-order valence-corrected chi connectivity index (χ1v) is 7.51. The molecule has 1 aliphatic heterocycles. The van der Waals surface area contributed by atoms with Crippen LogP contribution in [0.15, 0.2) is 0 Å². The van der Waals surface area contributed by atoms with Gasteiger partial charge in [0.25, 0.3) is 0 Å². The molecule has 1 atom stereocenters. The average Bonchev–Trinajstić information content (AvgIpc) is 2.73. The van der Waals surface area contributed by atoms with Crippen LogP contribution in [0.3, 0.4) is 0 Å². The Labute approximate surface area is 130 Å². The van der Waals surface area contributed by atoms with Crippen LogP contribution in [-0.4, -0.2) is 39.5 Å². The van der Waals surface area contributed by atoms with E-state index in [4.69, 9.17) is 0 Å². The van der Waals surface area contributed by atoms with Crippen molar-refractivity contribution < 1.29 is 9.59 Å². The molecule has 0 unspecified atom stereocenters. The van der Waals surface area contributed by atoms with E-state index in [0.29, 0.717) is 24.3 Å². The summed E-state index contributed by atoms with van der Waals surface area (Å²) in [4.78, 5) is 25.8. The lowest BCUT2D eigenvalue weighted by atomic mass is 9.83. The predicted molar refractivity (Wildman–Crippen MR) is 81.2 cm³/mol. The van der Waals surface area contributed by atoms with E-state index >= 15 is 0 Å². The Hall–Kier alpha value is -2.16. The topological polar surface area (TPSA) is 79.0 Å². The van der Waals surface area contributed by atoms with E-state index in [9.17, 15) is 14.9 Å². The fraction of sp³-hybridized carbons (Fsp3) is 0.625. The number of aryl methyl sites for hydroxylation is 1. The summed E-state index contributed by atoms with van der Waals surface area (Å²) < 4.78 is 1.59. The maximum atomic E-state index is 12.5. The summed E-state index contributed by atoms with van der Waals surface area (Å²) in [5.41, 5.74) is 1.50. The maximum absolute atomic E-state index is 12.5.